The first-order chi connectivity index (χ1) is 13.9. The van der Waals surface area contributed by atoms with E-state index in [1.54, 1.807) is 11.0 Å². The smallest absolute Gasteiger partial charge is 0.387 e. The lowest BCUT2D eigenvalue weighted by Crippen LogP contribution is -2.50. The molecular weight excluding hydrogens is 387 g/mol. The van der Waals surface area contributed by atoms with Crippen LogP contribution in [0.3, 0.4) is 0 Å². The van der Waals surface area contributed by atoms with Crippen LogP contribution in [-0.2, 0) is 4.79 Å². The minimum atomic E-state index is -2.91. The normalized spacial score (nSPS) is 14.7. The number of hydrogen-bond donors (Lipinski definition) is 1. The molecule has 0 aromatic heterocycles. The van der Waals surface area contributed by atoms with E-state index in [4.69, 9.17) is 0 Å². The van der Waals surface area contributed by atoms with Crippen LogP contribution in [0.1, 0.15) is 10.4 Å². The highest BCUT2D eigenvalue weighted by molar-refractivity contribution is 5.94. The van der Waals surface area contributed by atoms with E-state index >= 15 is 0 Å². The summed E-state index contributed by atoms with van der Waals surface area (Å²) in [6.07, 6.45) is 0. The number of carbonyl (C=O) groups excluding carboxylic acids is 2. The van der Waals surface area contributed by atoms with E-state index in [2.05, 4.69) is 10.1 Å². The minimum absolute atomic E-state index is 0.00863. The highest BCUT2D eigenvalue weighted by atomic mass is 19.3. The van der Waals surface area contributed by atoms with Gasteiger partial charge in [0.05, 0.1) is 6.54 Å². The summed E-state index contributed by atoms with van der Waals surface area (Å²) in [5.41, 5.74) is 0.770. The zero-order valence-electron chi connectivity index (χ0n) is 15.5. The van der Waals surface area contributed by atoms with Gasteiger partial charge in [0.25, 0.3) is 5.91 Å². The molecule has 0 bridgehead atoms. The van der Waals surface area contributed by atoms with Crippen molar-refractivity contribution in [3.8, 4) is 5.75 Å². The van der Waals surface area contributed by atoms with Gasteiger partial charge in [-0.15, -0.1) is 0 Å². The number of benzene rings is 2. The largest absolute Gasteiger partial charge is 0.435 e. The Hall–Kier alpha value is -3.07. The van der Waals surface area contributed by atoms with Gasteiger partial charge in [0.1, 0.15) is 11.6 Å². The molecule has 2 amide bonds. The molecule has 3 rings (SSSR count). The second kappa shape index (κ2) is 9.42. The minimum Gasteiger partial charge on any atom is -0.435 e. The maximum absolute atomic E-state index is 13.2. The van der Waals surface area contributed by atoms with E-state index < -0.39 is 12.4 Å². The molecule has 6 nitrogen and oxygen atoms in total. The Morgan fingerprint density at radius 3 is 2.34 bits per heavy atom. The van der Waals surface area contributed by atoms with Crippen LogP contribution in [0.2, 0.25) is 0 Å². The molecule has 0 saturated carbocycles. The summed E-state index contributed by atoms with van der Waals surface area (Å²) in [5.74, 6) is -0.906. The number of rotatable bonds is 6. The maximum atomic E-state index is 13.2. The van der Waals surface area contributed by atoms with Crippen LogP contribution in [0.5, 0.6) is 5.75 Å². The van der Waals surface area contributed by atoms with Crippen molar-refractivity contribution in [2.75, 3.05) is 38.0 Å². The summed E-state index contributed by atoms with van der Waals surface area (Å²) in [5, 5.41) is 2.64. The number of piperazine rings is 1. The summed E-state index contributed by atoms with van der Waals surface area (Å²) in [6.45, 7) is -0.896. The average molecular weight is 407 g/mol. The fourth-order valence-electron chi connectivity index (χ4n) is 3.04. The van der Waals surface area contributed by atoms with Gasteiger partial charge in [0, 0.05) is 37.4 Å². The van der Waals surface area contributed by atoms with E-state index in [-0.39, 0.29) is 24.1 Å². The summed E-state index contributed by atoms with van der Waals surface area (Å²) in [7, 11) is 0. The fraction of sp³-hybridized carbons (Fsp3) is 0.300. The molecule has 0 atom stereocenters. The van der Waals surface area contributed by atoms with Crippen molar-refractivity contribution >= 4 is 17.5 Å². The quantitative estimate of drug-likeness (QED) is 0.800. The van der Waals surface area contributed by atoms with Crippen LogP contribution in [0, 0.1) is 5.82 Å². The third kappa shape index (κ3) is 5.95. The zero-order valence-corrected chi connectivity index (χ0v) is 15.5. The van der Waals surface area contributed by atoms with Gasteiger partial charge in [-0.05, 0) is 42.5 Å². The molecule has 1 saturated heterocycles. The number of nitrogens with one attached hydrogen (secondary N) is 1. The van der Waals surface area contributed by atoms with Crippen molar-refractivity contribution in [1.29, 1.82) is 0 Å². The second-order valence-electron chi connectivity index (χ2n) is 6.53. The lowest BCUT2D eigenvalue weighted by atomic mass is 10.1. The molecular formula is C20H20F3N3O3. The van der Waals surface area contributed by atoms with E-state index in [9.17, 15) is 22.8 Å². The van der Waals surface area contributed by atoms with Crippen molar-refractivity contribution < 1.29 is 27.5 Å². The Morgan fingerprint density at radius 2 is 1.72 bits per heavy atom. The molecule has 1 N–H and O–H groups in total. The average Bonchev–Trinajstić information content (AvgIpc) is 2.68. The molecule has 0 aliphatic carbocycles. The number of amides is 2. The van der Waals surface area contributed by atoms with E-state index in [0.29, 0.717) is 37.4 Å². The SMILES string of the molecule is O=C(CN1CCN(C(=O)c2ccc(OC(F)F)cc2)CC1)Nc1cccc(F)c1. The Labute approximate surface area is 165 Å². The number of carbonyl (C=O) groups is 2. The third-order valence-corrected chi connectivity index (χ3v) is 4.46. The Kier molecular flexibility index (Phi) is 6.71. The molecule has 0 spiro atoms. The summed E-state index contributed by atoms with van der Waals surface area (Å²) in [6, 6.07) is 11.2. The molecule has 2 aromatic carbocycles. The fourth-order valence-corrected chi connectivity index (χ4v) is 3.04. The second-order valence-corrected chi connectivity index (χ2v) is 6.53. The Morgan fingerprint density at radius 1 is 1.03 bits per heavy atom. The van der Waals surface area contributed by atoms with Crippen LogP contribution < -0.4 is 10.1 Å². The molecule has 29 heavy (non-hydrogen) atoms. The van der Waals surface area contributed by atoms with Gasteiger partial charge >= 0.3 is 6.61 Å². The number of hydrogen-bond acceptors (Lipinski definition) is 4. The molecule has 1 heterocycles. The van der Waals surface area contributed by atoms with Gasteiger partial charge < -0.3 is 15.0 Å². The number of halogens is 3. The van der Waals surface area contributed by atoms with Gasteiger partial charge in [-0.3, -0.25) is 14.5 Å². The monoisotopic (exact) mass is 407 g/mol. The van der Waals surface area contributed by atoms with E-state index in [1.807, 2.05) is 4.90 Å². The van der Waals surface area contributed by atoms with Crippen LogP contribution in [0.4, 0.5) is 18.9 Å². The van der Waals surface area contributed by atoms with Crippen LogP contribution in [-0.4, -0.2) is 60.9 Å². The maximum Gasteiger partial charge on any atom is 0.387 e. The lowest BCUT2D eigenvalue weighted by Gasteiger charge is -2.34. The molecule has 154 valence electrons. The van der Waals surface area contributed by atoms with Crippen molar-refractivity contribution in [2.24, 2.45) is 0 Å². The van der Waals surface area contributed by atoms with Gasteiger partial charge in [-0.1, -0.05) is 6.07 Å². The van der Waals surface area contributed by atoms with E-state index in [1.165, 1.54) is 42.5 Å². The number of alkyl halides is 2. The molecule has 1 aliphatic heterocycles. The van der Waals surface area contributed by atoms with Gasteiger partial charge in [-0.2, -0.15) is 8.78 Å². The molecule has 0 radical (unpaired) electrons. The Balaban J connectivity index is 1.47. The topological polar surface area (TPSA) is 61.9 Å². The highest BCUT2D eigenvalue weighted by Gasteiger charge is 2.23. The third-order valence-electron chi connectivity index (χ3n) is 4.46. The first-order valence-electron chi connectivity index (χ1n) is 9.02. The molecule has 1 aliphatic rings. The molecule has 0 unspecified atom stereocenters. The van der Waals surface area contributed by atoms with E-state index in [0.717, 1.165) is 0 Å². The molecule has 9 heteroatoms. The number of ether oxygens (including phenoxy) is 1. The first kappa shape index (κ1) is 20.7. The van der Waals surface area contributed by atoms with Crippen molar-refractivity contribution in [2.45, 2.75) is 6.61 Å². The highest BCUT2D eigenvalue weighted by Crippen LogP contribution is 2.17. The lowest BCUT2D eigenvalue weighted by molar-refractivity contribution is -0.117. The first-order valence-corrected chi connectivity index (χ1v) is 9.02. The zero-order chi connectivity index (χ0) is 20.8. The van der Waals surface area contributed by atoms with Crippen LogP contribution >= 0.6 is 0 Å². The summed E-state index contributed by atoms with van der Waals surface area (Å²) >= 11 is 0. The van der Waals surface area contributed by atoms with Crippen molar-refractivity contribution in [1.82, 2.24) is 9.80 Å². The predicted octanol–water partition coefficient (Wildman–Crippen LogP) is 2.82. The Bertz CT molecular complexity index is 854. The molecule has 2 aromatic rings. The summed E-state index contributed by atoms with van der Waals surface area (Å²) < 4.78 is 41.8. The van der Waals surface area contributed by atoms with Crippen LogP contribution in [0.15, 0.2) is 48.5 Å². The van der Waals surface area contributed by atoms with Crippen molar-refractivity contribution in [3.63, 3.8) is 0 Å². The number of anilines is 1. The summed E-state index contributed by atoms with van der Waals surface area (Å²) in [4.78, 5) is 28.2. The van der Waals surface area contributed by atoms with Gasteiger partial charge in [0.2, 0.25) is 5.91 Å². The van der Waals surface area contributed by atoms with Crippen LogP contribution in [0.25, 0.3) is 0 Å². The standard InChI is InChI=1S/C20H20F3N3O3/c21-15-2-1-3-16(12-15)24-18(27)13-25-8-10-26(11-9-25)19(28)14-4-6-17(7-5-14)29-20(22)23/h1-7,12,20H,8-11,13H2,(H,24,27). The predicted molar refractivity (Wildman–Crippen MR) is 100 cm³/mol. The number of nitrogens with zero attached hydrogens (tertiary/aromatic N) is 2. The molecule has 1 fully saturated rings. The van der Waals surface area contributed by atoms with Gasteiger partial charge in [-0.25, -0.2) is 4.39 Å². The van der Waals surface area contributed by atoms with Gasteiger partial charge in [0.15, 0.2) is 0 Å². The van der Waals surface area contributed by atoms with Crippen molar-refractivity contribution in [3.05, 3.63) is 59.9 Å².